The van der Waals surface area contributed by atoms with E-state index >= 15 is 0 Å². The lowest BCUT2D eigenvalue weighted by atomic mass is 9.95. The van der Waals surface area contributed by atoms with Crippen LogP contribution in [0.5, 0.6) is 11.8 Å². The van der Waals surface area contributed by atoms with Crippen molar-refractivity contribution in [2.24, 2.45) is 0 Å². The Morgan fingerprint density at radius 1 is 1.38 bits per heavy atom. The molecular weight excluding hydrogens is 308 g/mol. The van der Waals surface area contributed by atoms with Gasteiger partial charge in [0.25, 0.3) is 5.91 Å². The molecule has 0 radical (unpaired) electrons. The molecule has 3 unspecified atom stereocenters. The van der Waals surface area contributed by atoms with Gasteiger partial charge >= 0.3 is 6.08 Å². The van der Waals surface area contributed by atoms with Gasteiger partial charge < -0.3 is 19.8 Å². The van der Waals surface area contributed by atoms with E-state index < -0.39 is 0 Å². The van der Waals surface area contributed by atoms with Crippen molar-refractivity contribution in [2.75, 3.05) is 0 Å². The van der Waals surface area contributed by atoms with Crippen LogP contribution >= 0.6 is 0 Å². The molecule has 24 heavy (non-hydrogen) atoms. The van der Waals surface area contributed by atoms with E-state index in [0.717, 1.165) is 12.8 Å². The van der Waals surface area contributed by atoms with Gasteiger partial charge in [-0.15, -0.1) is 0 Å². The lowest BCUT2D eigenvalue weighted by Crippen LogP contribution is -2.42. The summed E-state index contributed by atoms with van der Waals surface area (Å²) in [5, 5.41) is 15.3. The van der Waals surface area contributed by atoms with Gasteiger partial charge in [-0.05, 0) is 43.5 Å². The summed E-state index contributed by atoms with van der Waals surface area (Å²) in [4.78, 5) is 16.2. The van der Waals surface area contributed by atoms with Gasteiger partial charge in [-0.3, -0.25) is 4.79 Å². The standard InChI is InChI=1S/C17H16N4O3/c18-8-12-9-23-17(20-12)24-13-4-1-10(2-5-13)16(22)21-15-7-11-3-6-14(15)19-11/h1-2,4-5,9,11,14-15,19H,3,6-7H2,(H,21,22). The van der Waals surface area contributed by atoms with Gasteiger partial charge in [0, 0.05) is 23.7 Å². The summed E-state index contributed by atoms with van der Waals surface area (Å²) < 4.78 is 10.4. The minimum absolute atomic E-state index is 0.00296. The number of ether oxygens (including phenoxy) is 1. The number of benzene rings is 1. The van der Waals surface area contributed by atoms with Crippen LogP contribution in [0.3, 0.4) is 0 Å². The van der Waals surface area contributed by atoms with Gasteiger partial charge in [0.1, 0.15) is 18.1 Å². The lowest BCUT2D eigenvalue weighted by Gasteiger charge is -2.21. The highest BCUT2D eigenvalue weighted by Gasteiger charge is 2.39. The number of rotatable bonds is 4. The molecule has 3 atom stereocenters. The number of carbonyl (C=O) groups excluding carboxylic acids is 1. The maximum Gasteiger partial charge on any atom is 0.400 e. The summed E-state index contributed by atoms with van der Waals surface area (Å²) in [6.07, 6.45) is 4.56. The van der Waals surface area contributed by atoms with E-state index in [9.17, 15) is 4.79 Å². The maximum atomic E-state index is 12.3. The molecule has 2 bridgehead atoms. The summed E-state index contributed by atoms with van der Waals surface area (Å²) in [5.41, 5.74) is 0.732. The molecule has 0 aliphatic carbocycles. The second-order valence-corrected chi connectivity index (χ2v) is 6.10. The van der Waals surface area contributed by atoms with Crippen LogP contribution in [0.25, 0.3) is 0 Å². The molecule has 1 aromatic heterocycles. The Balaban J connectivity index is 1.38. The van der Waals surface area contributed by atoms with Crippen molar-refractivity contribution in [1.82, 2.24) is 15.6 Å². The zero-order valence-corrected chi connectivity index (χ0v) is 12.9. The molecule has 0 spiro atoms. The molecule has 1 aromatic carbocycles. The molecule has 2 saturated heterocycles. The van der Waals surface area contributed by atoms with Crippen molar-refractivity contribution in [3.8, 4) is 17.9 Å². The third-order valence-corrected chi connectivity index (χ3v) is 4.54. The Hall–Kier alpha value is -2.85. The fourth-order valence-corrected chi connectivity index (χ4v) is 3.37. The first-order chi connectivity index (χ1) is 11.7. The summed E-state index contributed by atoms with van der Waals surface area (Å²) in [6.45, 7) is 0. The third-order valence-electron chi connectivity index (χ3n) is 4.54. The molecule has 4 rings (SSSR count). The lowest BCUT2D eigenvalue weighted by molar-refractivity contribution is 0.0931. The zero-order chi connectivity index (χ0) is 16.5. The van der Waals surface area contributed by atoms with E-state index in [1.54, 1.807) is 24.3 Å². The van der Waals surface area contributed by atoms with Crippen LogP contribution in [0.15, 0.2) is 34.9 Å². The molecule has 7 nitrogen and oxygen atoms in total. The van der Waals surface area contributed by atoms with E-state index in [-0.39, 0.29) is 23.7 Å². The molecule has 0 saturated carbocycles. The average Bonchev–Trinajstić information content (AvgIpc) is 3.32. The van der Waals surface area contributed by atoms with Gasteiger partial charge in [0.05, 0.1) is 0 Å². The summed E-state index contributed by atoms with van der Waals surface area (Å²) in [5.74, 6) is 0.406. The van der Waals surface area contributed by atoms with E-state index in [1.165, 1.54) is 12.7 Å². The Bertz CT molecular complexity index is 793. The average molecular weight is 324 g/mol. The second kappa shape index (κ2) is 5.98. The van der Waals surface area contributed by atoms with E-state index in [1.807, 2.05) is 6.07 Å². The van der Waals surface area contributed by atoms with Crippen LogP contribution in [0.4, 0.5) is 0 Å². The molecule has 2 aliphatic heterocycles. The van der Waals surface area contributed by atoms with Gasteiger partial charge in [-0.25, -0.2) is 0 Å². The van der Waals surface area contributed by atoms with Crippen LogP contribution in [0, 0.1) is 11.3 Å². The summed E-state index contributed by atoms with van der Waals surface area (Å²) >= 11 is 0. The number of nitrogens with zero attached hydrogens (tertiary/aromatic N) is 2. The van der Waals surface area contributed by atoms with E-state index in [0.29, 0.717) is 23.4 Å². The minimum atomic E-state index is -0.0798. The quantitative estimate of drug-likeness (QED) is 0.892. The first-order valence-corrected chi connectivity index (χ1v) is 7.92. The number of nitriles is 1. The summed E-state index contributed by atoms with van der Waals surface area (Å²) in [6, 6.07) is 9.76. The van der Waals surface area contributed by atoms with Crippen molar-refractivity contribution in [1.29, 1.82) is 5.26 Å². The molecule has 2 aliphatic rings. The Morgan fingerprint density at radius 3 is 2.83 bits per heavy atom. The molecule has 7 heteroatoms. The molecule has 2 fully saturated rings. The van der Waals surface area contributed by atoms with Gasteiger partial charge in [0.2, 0.25) is 0 Å². The van der Waals surface area contributed by atoms with Crippen LogP contribution in [0.1, 0.15) is 35.3 Å². The van der Waals surface area contributed by atoms with Crippen LogP contribution < -0.4 is 15.4 Å². The van der Waals surface area contributed by atoms with Gasteiger partial charge in [-0.2, -0.15) is 10.2 Å². The van der Waals surface area contributed by atoms with Crippen molar-refractivity contribution in [3.63, 3.8) is 0 Å². The first kappa shape index (κ1) is 14.7. The normalized spacial score (nSPS) is 24.5. The highest BCUT2D eigenvalue weighted by Crippen LogP contribution is 2.28. The molecule has 1 amide bonds. The SMILES string of the molecule is N#Cc1coc(Oc2ccc(C(=O)NC3CC4CCC3N4)cc2)n1. The summed E-state index contributed by atoms with van der Waals surface area (Å²) in [7, 11) is 0. The number of hydrogen-bond donors (Lipinski definition) is 2. The molecule has 2 N–H and O–H groups in total. The predicted octanol–water partition coefficient (Wildman–Crippen LogP) is 1.96. The van der Waals surface area contributed by atoms with Crippen molar-refractivity contribution in [3.05, 3.63) is 41.8 Å². The van der Waals surface area contributed by atoms with Crippen molar-refractivity contribution in [2.45, 2.75) is 37.4 Å². The topological polar surface area (TPSA) is 100 Å². The third kappa shape index (κ3) is 2.84. The molecule has 2 aromatic rings. The minimum Gasteiger partial charge on any atom is -0.416 e. The Morgan fingerprint density at radius 2 is 2.21 bits per heavy atom. The van der Waals surface area contributed by atoms with Crippen LogP contribution in [-0.4, -0.2) is 29.0 Å². The molecule has 3 heterocycles. The van der Waals surface area contributed by atoms with Crippen LogP contribution in [-0.2, 0) is 0 Å². The number of aromatic nitrogens is 1. The number of oxazole rings is 1. The maximum absolute atomic E-state index is 12.3. The molecular formula is C17H16N4O3. The monoisotopic (exact) mass is 324 g/mol. The van der Waals surface area contributed by atoms with E-state index in [2.05, 4.69) is 15.6 Å². The number of nitrogens with one attached hydrogen (secondary N) is 2. The largest absolute Gasteiger partial charge is 0.416 e. The van der Waals surface area contributed by atoms with Gasteiger partial charge in [0.15, 0.2) is 5.69 Å². The first-order valence-electron chi connectivity index (χ1n) is 7.92. The van der Waals surface area contributed by atoms with Crippen LogP contribution in [0.2, 0.25) is 0 Å². The fraction of sp³-hybridized carbons (Fsp3) is 0.353. The predicted molar refractivity (Wildman–Crippen MR) is 83.6 cm³/mol. The fourth-order valence-electron chi connectivity index (χ4n) is 3.37. The number of hydrogen-bond acceptors (Lipinski definition) is 6. The highest BCUT2D eigenvalue weighted by atomic mass is 16.6. The van der Waals surface area contributed by atoms with Crippen molar-refractivity contribution < 1.29 is 13.9 Å². The van der Waals surface area contributed by atoms with E-state index in [4.69, 9.17) is 14.4 Å². The smallest absolute Gasteiger partial charge is 0.400 e. The Labute approximate surface area is 138 Å². The number of carbonyl (C=O) groups is 1. The Kier molecular flexibility index (Phi) is 3.67. The molecule has 122 valence electrons. The van der Waals surface area contributed by atoms with Gasteiger partial charge in [-0.1, -0.05) is 0 Å². The number of fused-ring (bicyclic) bond motifs is 2. The second-order valence-electron chi connectivity index (χ2n) is 6.10. The zero-order valence-electron chi connectivity index (χ0n) is 12.9. The number of amides is 1. The van der Waals surface area contributed by atoms with Crippen molar-refractivity contribution >= 4 is 5.91 Å². The highest BCUT2D eigenvalue weighted by molar-refractivity contribution is 5.94.